The minimum absolute atomic E-state index is 0.324. The van der Waals surface area contributed by atoms with Gasteiger partial charge in [0.15, 0.2) is 6.10 Å². The summed E-state index contributed by atoms with van der Waals surface area (Å²) in [5.74, 6) is -1.82. The number of esters is 1. The summed E-state index contributed by atoms with van der Waals surface area (Å²) in [6, 6.07) is 3.30. The van der Waals surface area contributed by atoms with Gasteiger partial charge in [0.25, 0.3) is 5.69 Å². The molecule has 1 aromatic carbocycles. The van der Waals surface area contributed by atoms with Crippen molar-refractivity contribution in [1.29, 1.82) is 0 Å². The molecule has 92 valence electrons. The molecule has 1 rings (SSSR count). The summed E-state index contributed by atoms with van der Waals surface area (Å²) < 4.78 is 17.6. The average molecular weight is 243 g/mol. The normalized spacial score (nSPS) is 11.9. The van der Waals surface area contributed by atoms with Crippen LogP contribution in [0.2, 0.25) is 0 Å². The third-order valence-corrected chi connectivity index (χ3v) is 2.16. The number of nitrogens with zero attached hydrogens (tertiary/aromatic N) is 1. The van der Waals surface area contributed by atoms with Gasteiger partial charge in [-0.1, -0.05) is 6.07 Å². The van der Waals surface area contributed by atoms with Gasteiger partial charge in [-0.2, -0.15) is 0 Å². The summed E-state index contributed by atoms with van der Waals surface area (Å²) in [6.45, 7) is 0. The zero-order valence-electron chi connectivity index (χ0n) is 8.92. The van der Waals surface area contributed by atoms with Crippen molar-refractivity contribution in [1.82, 2.24) is 0 Å². The molecule has 6 nitrogen and oxygen atoms in total. The Kier molecular flexibility index (Phi) is 4.11. The van der Waals surface area contributed by atoms with E-state index in [1.807, 2.05) is 0 Å². The number of nitro benzene ring substituents is 1. The lowest BCUT2D eigenvalue weighted by atomic mass is 10.1. The van der Waals surface area contributed by atoms with Crippen LogP contribution in [0.3, 0.4) is 0 Å². The van der Waals surface area contributed by atoms with Crippen molar-refractivity contribution in [2.24, 2.45) is 0 Å². The van der Waals surface area contributed by atoms with Crippen LogP contribution in [0.5, 0.6) is 0 Å². The van der Waals surface area contributed by atoms with Crippen molar-refractivity contribution in [3.8, 4) is 0 Å². The summed E-state index contributed by atoms with van der Waals surface area (Å²) in [5.41, 5.74) is -0.802. The predicted octanol–water partition coefficient (Wildman–Crippen LogP) is 0.810. The van der Waals surface area contributed by atoms with Gasteiger partial charge in [-0.05, 0) is 6.07 Å². The van der Waals surface area contributed by atoms with Crippen LogP contribution >= 0.6 is 0 Å². The summed E-state index contributed by atoms with van der Waals surface area (Å²) >= 11 is 0. The molecule has 0 spiro atoms. The highest BCUT2D eigenvalue weighted by Crippen LogP contribution is 2.22. The van der Waals surface area contributed by atoms with E-state index in [2.05, 4.69) is 4.74 Å². The van der Waals surface area contributed by atoms with Crippen molar-refractivity contribution < 1.29 is 24.0 Å². The molecule has 0 aromatic heterocycles. The Morgan fingerprint density at radius 2 is 2.29 bits per heavy atom. The molecule has 7 heteroatoms. The van der Waals surface area contributed by atoms with Crippen LogP contribution in [-0.2, 0) is 16.0 Å². The highest BCUT2D eigenvalue weighted by Gasteiger charge is 2.24. The highest BCUT2D eigenvalue weighted by molar-refractivity contribution is 5.74. The fourth-order valence-corrected chi connectivity index (χ4v) is 1.33. The monoisotopic (exact) mass is 243 g/mol. The molecule has 17 heavy (non-hydrogen) atoms. The van der Waals surface area contributed by atoms with E-state index in [9.17, 15) is 24.4 Å². The number of carbonyl (C=O) groups excluding carboxylic acids is 1. The fraction of sp³-hybridized carbons (Fsp3) is 0.300. The summed E-state index contributed by atoms with van der Waals surface area (Å²) in [4.78, 5) is 20.8. The van der Waals surface area contributed by atoms with E-state index in [0.717, 1.165) is 19.2 Å². The van der Waals surface area contributed by atoms with Gasteiger partial charge in [0.2, 0.25) is 0 Å². The number of hydrogen-bond acceptors (Lipinski definition) is 5. The molecule has 0 amide bonds. The summed E-state index contributed by atoms with van der Waals surface area (Å²) in [5, 5.41) is 20.0. The third kappa shape index (κ3) is 2.97. The molecular weight excluding hydrogens is 233 g/mol. The number of halogens is 1. The van der Waals surface area contributed by atoms with E-state index in [4.69, 9.17) is 0 Å². The quantitative estimate of drug-likeness (QED) is 0.480. The maximum Gasteiger partial charge on any atom is 0.335 e. The lowest BCUT2D eigenvalue weighted by molar-refractivity contribution is -0.385. The first-order chi connectivity index (χ1) is 7.97. The van der Waals surface area contributed by atoms with Gasteiger partial charge in [-0.3, -0.25) is 10.1 Å². The SMILES string of the molecule is COC(=O)C(O)Cc1c(F)cccc1[N+](=O)[O-]. The zero-order chi connectivity index (χ0) is 13.0. The van der Waals surface area contributed by atoms with Gasteiger partial charge in [-0.15, -0.1) is 0 Å². The van der Waals surface area contributed by atoms with Crippen molar-refractivity contribution >= 4 is 11.7 Å². The first-order valence-corrected chi connectivity index (χ1v) is 4.65. The van der Waals surface area contributed by atoms with Gasteiger partial charge in [0.1, 0.15) is 5.82 Å². The third-order valence-electron chi connectivity index (χ3n) is 2.16. The number of benzene rings is 1. The Hall–Kier alpha value is -2.02. The number of nitro groups is 1. The maximum atomic E-state index is 13.4. The summed E-state index contributed by atoms with van der Waals surface area (Å²) in [7, 11) is 1.06. The van der Waals surface area contributed by atoms with E-state index < -0.39 is 34.9 Å². The number of hydrogen-bond donors (Lipinski definition) is 1. The topological polar surface area (TPSA) is 89.7 Å². The van der Waals surface area contributed by atoms with Crippen LogP contribution < -0.4 is 0 Å². The Morgan fingerprint density at radius 1 is 1.65 bits per heavy atom. The van der Waals surface area contributed by atoms with Crippen LogP contribution in [-0.4, -0.2) is 29.2 Å². The maximum absolute atomic E-state index is 13.4. The fourth-order valence-electron chi connectivity index (χ4n) is 1.33. The van der Waals surface area contributed by atoms with Crippen molar-refractivity contribution in [2.45, 2.75) is 12.5 Å². The molecule has 1 N–H and O–H groups in total. The minimum Gasteiger partial charge on any atom is -0.467 e. The molecule has 1 unspecified atom stereocenters. The number of rotatable bonds is 4. The van der Waals surface area contributed by atoms with Gasteiger partial charge < -0.3 is 9.84 Å². The number of carbonyl (C=O) groups is 1. The van der Waals surface area contributed by atoms with Gasteiger partial charge in [0.05, 0.1) is 17.6 Å². The molecule has 0 saturated heterocycles. The second kappa shape index (κ2) is 5.35. The van der Waals surface area contributed by atoms with Crippen molar-refractivity contribution in [2.75, 3.05) is 7.11 Å². The second-order valence-electron chi connectivity index (χ2n) is 3.24. The lowest BCUT2D eigenvalue weighted by Gasteiger charge is -2.09. The zero-order valence-corrected chi connectivity index (χ0v) is 8.92. The van der Waals surface area contributed by atoms with Crippen molar-refractivity contribution in [3.63, 3.8) is 0 Å². The van der Waals surface area contributed by atoms with E-state index in [1.165, 1.54) is 6.07 Å². The molecule has 0 saturated carbocycles. The Balaban J connectivity index is 3.05. The van der Waals surface area contributed by atoms with E-state index >= 15 is 0 Å². The molecule has 0 bridgehead atoms. The predicted molar refractivity (Wildman–Crippen MR) is 54.8 cm³/mol. The van der Waals surface area contributed by atoms with Gasteiger partial charge in [-0.25, -0.2) is 9.18 Å². The van der Waals surface area contributed by atoms with Crippen molar-refractivity contribution in [3.05, 3.63) is 39.7 Å². The van der Waals surface area contributed by atoms with Gasteiger partial charge >= 0.3 is 5.97 Å². The largest absolute Gasteiger partial charge is 0.467 e. The molecule has 0 heterocycles. The molecule has 0 aliphatic heterocycles. The number of methoxy groups -OCH3 is 1. The van der Waals surface area contributed by atoms with E-state index in [0.29, 0.717) is 0 Å². The lowest BCUT2D eigenvalue weighted by Crippen LogP contribution is -2.25. The summed E-state index contributed by atoms with van der Waals surface area (Å²) in [6.07, 6.45) is -2.13. The Morgan fingerprint density at radius 3 is 2.82 bits per heavy atom. The molecule has 0 radical (unpaired) electrons. The van der Waals surface area contributed by atoms with Crippen LogP contribution in [0.4, 0.5) is 10.1 Å². The van der Waals surface area contributed by atoms with Crippen LogP contribution in [0.15, 0.2) is 18.2 Å². The van der Waals surface area contributed by atoms with E-state index in [-0.39, 0.29) is 5.56 Å². The number of aliphatic hydroxyl groups is 1. The molecule has 0 fully saturated rings. The van der Waals surface area contributed by atoms with Crippen LogP contribution in [0.1, 0.15) is 5.56 Å². The van der Waals surface area contributed by atoms with Gasteiger partial charge in [0, 0.05) is 12.5 Å². The molecule has 1 atom stereocenters. The number of aliphatic hydroxyl groups excluding tert-OH is 1. The first kappa shape index (κ1) is 13.0. The van der Waals surface area contributed by atoms with Crippen LogP contribution in [0.25, 0.3) is 0 Å². The highest BCUT2D eigenvalue weighted by atomic mass is 19.1. The first-order valence-electron chi connectivity index (χ1n) is 4.65. The second-order valence-corrected chi connectivity index (χ2v) is 3.24. The molecule has 1 aromatic rings. The Labute approximate surface area is 95.8 Å². The standard InChI is InChI=1S/C10H10FNO5/c1-17-10(14)9(13)5-6-7(11)3-2-4-8(6)12(15)16/h2-4,9,13H,5H2,1H3. The van der Waals surface area contributed by atoms with Crippen LogP contribution in [0, 0.1) is 15.9 Å². The van der Waals surface area contributed by atoms with E-state index in [1.54, 1.807) is 0 Å². The Bertz CT molecular complexity index is 448. The molecule has 0 aliphatic carbocycles. The smallest absolute Gasteiger partial charge is 0.335 e. The minimum atomic E-state index is -1.63. The number of ether oxygens (including phenoxy) is 1. The molecular formula is C10H10FNO5. The average Bonchev–Trinajstić information content (AvgIpc) is 2.30. The molecule has 0 aliphatic rings.